The first-order valence-corrected chi connectivity index (χ1v) is 14.8. The van der Waals surface area contributed by atoms with Gasteiger partial charge in [0.2, 0.25) is 11.8 Å². The molecule has 0 saturated carbocycles. The summed E-state index contributed by atoms with van der Waals surface area (Å²) in [7, 11) is -2.71. The van der Waals surface area contributed by atoms with Gasteiger partial charge in [0, 0.05) is 18.7 Å². The maximum absolute atomic E-state index is 14.0. The highest BCUT2D eigenvalue weighted by Gasteiger charge is 2.33. The summed E-state index contributed by atoms with van der Waals surface area (Å²) in [5.41, 5.74) is 1.75. The molecule has 1 N–H and O–H groups in total. The average Bonchev–Trinajstić information content (AvgIpc) is 2.91. The number of rotatable bonds is 11. The van der Waals surface area contributed by atoms with E-state index >= 15 is 0 Å². The second-order valence-corrected chi connectivity index (χ2v) is 12.3. The Balaban J connectivity index is 2.06. The second kappa shape index (κ2) is 13.4. The smallest absolute Gasteiger partial charge is 0.264 e. The first kappa shape index (κ1) is 31.3. The van der Waals surface area contributed by atoms with Crippen LogP contribution in [0, 0.1) is 6.92 Å². The molecule has 3 aromatic carbocycles. The zero-order chi connectivity index (χ0) is 29.6. The third-order valence-electron chi connectivity index (χ3n) is 6.16. The van der Waals surface area contributed by atoms with E-state index in [1.807, 2.05) is 20.8 Å². The summed E-state index contributed by atoms with van der Waals surface area (Å²) in [5, 5.41) is 3.46. The SMILES string of the molecule is COc1cccc(N(CC(=O)N(Cc2ccc(Cl)c(Cl)c2)[C@H](C)C(=O)NC(C)C)S(=O)(=O)c2ccc(C)cc2)c1. The van der Waals surface area contributed by atoms with Crippen molar-refractivity contribution in [1.82, 2.24) is 10.2 Å². The molecular formula is C29H33Cl2N3O5S. The number of nitrogens with one attached hydrogen (secondary N) is 1. The molecule has 0 saturated heterocycles. The number of hydrogen-bond donors (Lipinski definition) is 1. The minimum atomic E-state index is -4.18. The molecule has 0 bridgehead atoms. The molecule has 0 aliphatic rings. The standard InChI is InChI=1S/C29H33Cl2N3O5S/c1-19(2)32-29(36)21(4)33(17-22-11-14-26(30)27(31)15-22)28(35)18-34(23-7-6-8-24(16-23)39-5)40(37,38)25-12-9-20(3)10-13-25/h6-16,19,21H,17-18H2,1-5H3,(H,32,36)/t21-/m1/s1. The fraction of sp³-hybridized carbons (Fsp3) is 0.310. The van der Waals surface area contributed by atoms with E-state index in [2.05, 4.69) is 5.32 Å². The van der Waals surface area contributed by atoms with Gasteiger partial charge in [-0.25, -0.2) is 8.42 Å². The fourth-order valence-corrected chi connectivity index (χ4v) is 5.68. The summed E-state index contributed by atoms with van der Waals surface area (Å²) >= 11 is 12.3. The molecule has 0 aromatic heterocycles. The van der Waals surface area contributed by atoms with Gasteiger partial charge >= 0.3 is 0 Å². The van der Waals surface area contributed by atoms with Gasteiger partial charge in [0.25, 0.3) is 10.0 Å². The molecule has 214 valence electrons. The van der Waals surface area contributed by atoms with Crippen molar-refractivity contribution in [3.05, 3.63) is 87.9 Å². The quantitative estimate of drug-likeness (QED) is 0.313. The van der Waals surface area contributed by atoms with Gasteiger partial charge in [0.1, 0.15) is 18.3 Å². The Morgan fingerprint density at radius 1 is 0.950 bits per heavy atom. The topological polar surface area (TPSA) is 96.0 Å². The lowest BCUT2D eigenvalue weighted by Crippen LogP contribution is -2.52. The predicted molar refractivity (Wildman–Crippen MR) is 158 cm³/mol. The van der Waals surface area contributed by atoms with Crippen LogP contribution in [0.4, 0.5) is 5.69 Å². The van der Waals surface area contributed by atoms with E-state index in [1.54, 1.807) is 55.5 Å². The second-order valence-electron chi connectivity index (χ2n) is 9.64. The van der Waals surface area contributed by atoms with Gasteiger partial charge in [0.05, 0.1) is 27.7 Å². The Hall–Kier alpha value is -3.27. The fourth-order valence-electron chi connectivity index (χ4n) is 3.95. The summed E-state index contributed by atoms with van der Waals surface area (Å²) in [6, 6.07) is 16.6. The number of methoxy groups -OCH3 is 1. The van der Waals surface area contributed by atoms with E-state index in [1.165, 1.54) is 30.2 Å². The minimum Gasteiger partial charge on any atom is -0.497 e. The molecule has 3 aromatic rings. The van der Waals surface area contributed by atoms with Crippen molar-refractivity contribution >= 4 is 50.7 Å². The van der Waals surface area contributed by atoms with E-state index in [0.29, 0.717) is 21.4 Å². The summed E-state index contributed by atoms with van der Waals surface area (Å²) in [6.07, 6.45) is 0. The lowest BCUT2D eigenvalue weighted by molar-refractivity contribution is -0.139. The molecule has 0 aliphatic heterocycles. The van der Waals surface area contributed by atoms with E-state index in [0.717, 1.165) is 9.87 Å². The van der Waals surface area contributed by atoms with Crippen LogP contribution < -0.4 is 14.4 Å². The molecule has 0 spiro atoms. The average molecular weight is 607 g/mol. The highest BCUT2D eigenvalue weighted by Crippen LogP contribution is 2.28. The van der Waals surface area contributed by atoms with Crippen LogP contribution in [-0.2, 0) is 26.2 Å². The third-order valence-corrected chi connectivity index (χ3v) is 8.69. The van der Waals surface area contributed by atoms with Crippen molar-refractivity contribution < 1.29 is 22.7 Å². The first-order valence-electron chi connectivity index (χ1n) is 12.6. The Labute approximate surface area is 245 Å². The molecule has 0 fully saturated rings. The summed E-state index contributed by atoms with van der Waals surface area (Å²) < 4.78 is 34.1. The third kappa shape index (κ3) is 7.68. The minimum absolute atomic E-state index is 0.00106. The summed E-state index contributed by atoms with van der Waals surface area (Å²) in [4.78, 5) is 28.3. The molecule has 40 heavy (non-hydrogen) atoms. The number of hydrogen-bond acceptors (Lipinski definition) is 5. The van der Waals surface area contributed by atoms with E-state index in [-0.39, 0.29) is 29.1 Å². The van der Waals surface area contributed by atoms with Gasteiger partial charge in [-0.15, -0.1) is 0 Å². The molecule has 0 unspecified atom stereocenters. The van der Waals surface area contributed by atoms with Gasteiger partial charge in [-0.2, -0.15) is 0 Å². The van der Waals surface area contributed by atoms with Crippen molar-refractivity contribution in [2.45, 2.75) is 51.2 Å². The highest BCUT2D eigenvalue weighted by atomic mass is 35.5. The molecular weight excluding hydrogens is 573 g/mol. The van der Waals surface area contributed by atoms with Crippen molar-refractivity contribution in [2.75, 3.05) is 18.0 Å². The Kier molecular flexibility index (Phi) is 10.5. The molecule has 0 aliphatic carbocycles. The van der Waals surface area contributed by atoms with Crippen molar-refractivity contribution in [3.8, 4) is 5.75 Å². The van der Waals surface area contributed by atoms with Crippen LogP contribution in [0.25, 0.3) is 0 Å². The number of sulfonamides is 1. The van der Waals surface area contributed by atoms with E-state index in [4.69, 9.17) is 27.9 Å². The molecule has 0 radical (unpaired) electrons. The molecule has 1 atom stereocenters. The lowest BCUT2D eigenvalue weighted by atomic mass is 10.1. The zero-order valence-electron chi connectivity index (χ0n) is 23.0. The van der Waals surface area contributed by atoms with Gasteiger partial charge in [-0.3, -0.25) is 13.9 Å². The molecule has 2 amide bonds. The number of amides is 2. The Morgan fingerprint density at radius 2 is 1.62 bits per heavy atom. The molecule has 3 rings (SSSR count). The number of nitrogens with zero attached hydrogens (tertiary/aromatic N) is 2. The van der Waals surface area contributed by atoms with Crippen LogP contribution in [0.5, 0.6) is 5.75 Å². The van der Waals surface area contributed by atoms with Crippen LogP contribution >= 0.6 is 23.2 Å². The van der Waals surface area contributed by atoms with Gasteiger partial charge in [0.15, 0.2) is 0 Å². The van der Waals surface area contributed by atoms with Crippen LogP contribution in [0.3, 0.4) is 0 Å². The maximum atomic E-state index is 14.0. The number of carbonyl (C=O) groups excluding carboxylic acids is 2. The van der Waals surface area contributed by atoms with Crippen molar-refractivity contribution in [3.63, 3.8) is 0 Å². The normalized spacial score (nSPS) is 12.1. The number of halogens is 2. The Morgan fingerprint density at radius 3 is 2.23 bits per heavy atom. The lowest BCUT2D eigenvalue weighted by Gasteiger charge is -2.32. The maximum Gasteiger partial charge on any atom is 0.264 e. The highest BCUT2D eigenvalue weighted by molar-refractivity contribution is 7.92. The Bertz CT molecular complexity index is 1460. The monoisotopic (exact) mass is 605 g/mol. The van der Waals surface area contributed by atoms with Gasteiger partial charge in [-0.1, -0.05) is 53.0 Å². The zero-order valence-corrected chi connectivity index (χ0v) is 25.3. The van der Waals surface area contributed by atoms with Crippen molar-refractivity contribution in [2.24, 2.45) is 0 Å². The largest absolute Gasteiger partial charge is 0.497 e. The van der Waals surface area contributed by atoms with Crippen LogP contribution in [0.1, 0.15) is 31.9 Å². The molecule has 11 heteroatoms. The number of ether oxygens (including phenoxy) is 1. The van der Waals surface area contributed by atoms with Crippen LogP contribution in [-0.4, -0.2) is 50.9 Å². The van der Waals surface area contributed by atoms with E-state index < -0.39 is 28.5 Å². The van der Waals surface area contributed by atoms with Gasteiger partial charge < -0.3 is 15.0 Å². The number of aryl methyl sites for hydroxylation is 1. The van der Waals surface area contributed by atoms with E-state index in [9.17, 15) is 18.0 Å². The molecule has 8 nitrogen and oxygen atoms in total. The molecule has 0 heterocycles. The number of benzene rings is 3. The van der Waals surface area contributed by atoms with Gasteiger partial charge in [-0.05, 0) is 69.7 Å². The van der Waals surface area contributed by atoms with Crippen molar-refractivity contribution in [1.29, 1.82) is 0 Å². The summed E-state index contributed by atoms with van der Waals surface area (Å²) in [5.74, 6) is -0.542. The van der Waals surface area contributed by atoms with Crippen LogP contribution in [0.15, 0.2) is 71.6 Å². The number of carbonyl (C=O) groups is 2. The van der Waals surface area contributed by atoms with Crippen LogP contribution in [0.2, 0.25) is 10.0 Å². The number of anilines is 1. The predicted octanol–water partition coefficient (Wildman–Crippen LogP) is 5.45. The summed E-state index contributed by atoms with van der Waals surface area (Å²) in [6.45, 7) is 6.51. The first-order chi connectivity index (χ1) is 18.8.